The molecule has 0 radical (unpaired) electrons. The van der Waals surface area contributed by atoms with Gasteiger partial charge in [0.05, 0.1) is 0 Å². The third-order valence-electron chi connectivity index (χ3n) is 2.64. The van der Waals surface area contributed by atoms with E-state index in [9.17, 15) is 79.4 Å². The smallest absolute Gasteiger partial charge is 0.462 e. The largest absolute Gasteiger partial charge is 0.477 e. The number of carboxylic acid groups (broad SMARTS) is 1. The van der Waals surface area contributed by atoms with E-state index in [1.165, 1.54) is 9.47 Å². The summed E-state index contributed by atoms with van der Waals surface area (Å²) in [5.41, 5.74) is 0. The summed E-state index contributed by atoms with van der Waals surface area (Å²) in [6, 6.07) is 0. The lowest BCUT2D eigenvalue weighted by molar-refractivity contribution is -0.548. The van der Waals surface area contributed by atoms with Gasteiger partial charge >= 0.3 is 54.3 Å². The third kappa shape index (κ3) is 5.15. The van der Waals surface area contributed by atoms with Crippen LogP contribution < -0.4 is 6.15 Å². The van der Waals surface area contributed by atoms with Gasteiger partial charge in [0.2, 0.25) is 0 Å². The predicted octanol–water partition coefficient (Wildman–Crippen LogP) is 5.32. The maximum atomic E-state index is 13.5. The summed E-state index contributed by atoms with van der Waals surface area (Å²) < 4.78 is 216. The molecule has 0 heterocycles. The first-order chi connectivity index (χ1) is 12.6. The third-order valence-corrected chi connectivity index (χ3v) is 2.64. The first-order valence-corrected chi connectivity index (χ1v) is 5.96. The second-order valence-corrected chi connectivity index (χ2v) is 4.80. The van der Waals surface area contributed by atoms with Crippen LogP contribution in [0.15, 0.2) is 0 Å². The van der Waals surface area contributed by atoms with Crippen LogP contribution in [0.3, 0.4) is 0 Å². The number of halogens is 17. The molecule has 0 aliphatic carbocycles. The molecule has 0 saturated heterocycles. The van der Waals surface area contributed by atoms with Gasteiger partial charge in [0.15, 0.2) is 0 Å². The number of aliphatic carboxylic acids is 1. The first-order valence-electron chi connectivity index (χ1n) is 5.96. The van der Waals surface area contributed by atoms with E-state index in [-0.39, 0.29) is 6.15 Å². The average Bonchev–Trinajstić information content (AvgIpc) is 2.41. The molecule has 22 heteroatoms. The molecular weight excluding hydrogens is 509 g/mol. The van der Waals surface area contributed by atoms with Crippen molar-refractivity contribution >= 4 is 5.97 Å². The van der Waals surface area contributed by atoms with Crippen molar-refractivity contribution < 1.29 is 94.0 Å². The van der Waals surface area contributed by atoms with Crippen molar-refractivity contribution in [3.63, 3.8) is 0 Å². The van der Waals surface area contributed by atoms with E-state index in [4.69, 9.17) is 5.11 Å². The van der Waals surface area contributed by atoms with Crippen LogP contribution in [0.25, 0.3) is 0 Å². The average molecular weight is 514 g/mol. The van der Waals surface area contributed by atoms with Crippen LogP contribution in [0, 0.1) is 0 Å². The van der Waals surface area contributed by atoms with Gasteiger partial charge in [-0.15, -0.1) is 0 Å². The first kappa shape index (κ1) is 31.3. The summed E-state index contributed by atoms with van der Waals surface area (Å²) in [7, 11) is 0. The van der Waals surface area contributed by atoms with E-state index >= 15 is 0 Å². The van der Waals surface area contributed by atoms with Crippen LogP contribution >= 0.6 is 0 Å². The Morgan fingerprint density at radius 3 is 1.13 bits per heavy atom. The lowest BCUT2D eigenvalue weighted by atomic mass is 10.2. The van der Waals surface area contributed by atoms with Crippen LogP contribution in [-0.4, -0.2) is 59.5 Å². The van der Waals surface area contributed by atoms with Gasteiger partial charge < -0.3 is 11.3 Å². The van der Waals surface area contributed by atoms with Crippen LogP contribution in [0.4, 0.5) is 74.6 Å². The molecule has 2 atom stereocenters. The summed E-state index contributed by atoms with van der Waals surface area (Å²) in [5.74, 6) is -27.3. The molecule has 31 heavy (non-hydrogen) atoms. The Morgan fingerprint density at radius 1 is 0.548 bits per heavy atom. The molecule has 0 fully saturated rings. The number of ether oxygens (including phenoxy) is 2. The van der Waals surface area contributed by atoms with Gasteiger partial charge in [-0.05, 0) is 0 Å². The van der Waals surface area contributed by atoms with Crippen molar-refractivity contribution in [2.24, 2.45) is 0 Å². The summed E-state index contributed by atoms with van der Waals surface area (Å²) in [5, 5.41) is 7.85. The molecule has 2 unspecified atom stereocenters. The molecule has 0 bridgehead atoms. The van der Waals surface area contributed by atoms with E-state index in [1.54, 1.807) is 0 Å². The Balaban J connectivity index is 0. The Morgan fingerprint density at radius 2 is 0.903 bits per heavy atom. The highest BCUT2D eigenvalue weighted by molar-refractivity contribution is 5.76. The van der Waals surface area contributed by atoms with Crippen molar-refractivity contribution in [1.82, 2.24) is 6.15 Å². The monoisotopic (exact) mass is 514 g/mol. The quantitative estimate of drug-likeness (QED) is 0.450. The van der Waals surface area contributed by atoms with E-state index < -0.39 is 54.3 Å². The molecule has 0 aromatic rings. The maximum Gasteiger partial charge on any atom is 0.462 e. The van der Waals surface area contributed by atoms with Crippen molar-refractivity contribution in [2.45, 2.75) is 48.4 Å². The molecule has 0 amide bonds. The molecule has 0 saturated carbocycles. The molecule has 0 rings (SSSR count). The van der Waals surface area contributed by atoms with Crippen molar-refractivity contribution in [3.8, 4) is 0 Å². The topological polar surface area (TPSA) is 92.3 Å². The molecule has 0 aromatic carbocycles. The minimum Gasteiger partial charge on any atom is -0.477 e. The van der Waals surface area contributed by atoms with Gasteiger partial charge in [0, 0.05) is 0 Å². The number of carbonyl (C=O) groups is 1. The SMILES string of the molecule is O=C(O)C(F)(OC(F)(F)C(F)(OC(F)(F)C(F)(F)C(F)(F)F)C(F)(F)F)C(F)(F)F.[NH4+]. The Labute approximate surface area is 156 Å². The maximum absolute atomic E-state index is 13.5. The number of rotatable bonds is 7. The Bertz CT molecular complexity index is 653. The number of quaternary nitrogens is 1. The summed E-state index contributed by atoms with van der Waals surface area (Å²) in [6.45, 7) is 0. The van der Waals surface area contributed by atoms with Gasteiger partial charge in [-0.25, -0.2) is 4.79 Å². The second kappa shape index (κ2) is 7.94. The fourth-order valence-corrected chi connectivity index (χ4v) is 1.15. The highest BCUT2D eigenvalue weighted by atomic mass is 19.4. The predicted molar refractivity (Wildman–Crippen MR) is 56.5 cm³/mol. The molecule has 0 aromatic heterocycles. The summed E-state index contributed by atoms with van der Waals surface area (Å²) in [4.78, 5) is 10.1. The molecular formula is C9H5F17NO4+. The van der Waals surface area contributed by atoms with Crippen molar-refractivity contribution in [1.29, 1.82) is 0 Å². The van der Waals surface area contributed by atoms with Gasteiger partial charge in [0.25, 0.3) is 0 Å². The van der Waals surface area contributed by atoms with Gasteiger partial charge in [-0.2, -0.15) is 74.6 Å². The van der Waals surface area contributed by atoms with E-state index in [2.05, 4.69) is 0 Å². The zero-order valence-electron chi connectivity index (χ0n) is 13.6. The van der Waals surface area contributed by atoms with Gasteiger partial charge in [-0.3, -0.25) is 9.47 Å². The summed E-state index contributed by atoms with van der Waals surface area (Å²) in [6.07, 6.45) is -38.8. The number of alkyl halides is 17. The fourth-order valence-electron chi connectivity index (χ4n) is 1.15. The zero-order chi connectivity index (χ0) is 25.0. The van der Waals surface area contributed by atoms with Gasteiger partial charge in [-0.1, -0.05) is 0 Å². The standard InChI is InChI=1S/C9HF17O4.H3N/c10-2(1(27)28,5(14,15)16)29-9(25,26)4(13,7(20,21)22)30-8(23,24)3(11,12)6(17,18)19;/h(H,27,28);1H3/p+1. The molecule has 0 aliphatic rings. The second-order valence-electron chi connectivity index (χ2n) is 4.80. The van der Waals surface area contributed by atoms with Crippen LogP contribution in [-0.2, 0) is 14.3 Å². The van der Waals surface area contributed by atoms with Crippen LogP contribution in [0.1, 0.15) is 0 Å². The normalized spacial score (nSPS) is 18.6. The summed E-state index contributed by atoms with van der Waals surface area (Å²) >= 11 is 0. The zero-order valence-corrected chi connectivity index (χ0v) is 13.6. The number of carboxylic acids is 1. The molecule has 0 aliphatic heterocycles. The van der Waals surface area contributed by atoms with Crippen molar-refractivity contribution in [2.75, 3.05) is 0 Å². The lowest BCUT2D eigenvalue weighted by Gasteiger charge is -2.39. The van der Waals surface area contributed by atoms with Gasteiger partial charge in [0.1, 0.15) is 0 Å². The lowest BCUT2D eigenvalue weighted by Crippen LogP contribution is -2.68. The van der Waals surface area contributed by atoms with E-state index in [0.717, 1.165) is 0 Å². The Hall–Kier alpha value is -1.84. The van der Waals surface area contributed by atoms with Crippen LogP contribution in [0.2, 0.25) is 0 Å². The van der Waals surface area contributed by atoms with Crippen LogP contribution in [0.5, 0.6) is 0 Å². The Kier molecular flexibility index (Phi) is 8.03. The minimum atomic E-state index is -8.09. The molecule has 5 N–H and O–H groups in total. The molecule has 0 spiro atoms. The highest BCUT2D eigenvalue weighted by Gasteiger charge is 2.85. The number of hydrogen-bond acceptors (Lipinski definition) is 3. The number of hydrogen-bond donors (Lipinski definition) is 2. The van der Waals surface area contributed by atoms with E-state index in [0.29, 0.717) is 0 Å². The fraction of sp³-hybridized carbons (Fsp3) is 0.889. The van der Waals surface area contributed by atoms with E-state index in [1.807, 2.05) is 0 Å². The van der Waals surface area contributed by atoms with Crippen molar-refractivity contribution in [3.05, 3.63) is 0 Å². The highest BCUT2D eigenvalue weighted by Crippen LogP contribution is 2.56. The minimum absolute atomic E-state index is 0. The molecule has 188 valence electrons. The molecule has 5 nitrogen and oxygen atoms in total.